The third kappa shape index (κ3) is 6.92. The molecule has 0 radical (unpaired) electrons. The van der Waals surface area contributed by atoms with Crippen molar-refractivity contribution in [1.82, 2.24) is 24.1 Å². The molecule has 4 heterocycles. The molecule has 0 N–H and O–H groups in total. The van der Waals surface area contributed by atoms with Crippen molar-refractivity contribution in [2.24, 2.45) is 0 Å². The van der Waals surface area contributed by atoms with Crippen LogP contribution in [0, 0.1) is 0 Å². The summed E-state index contributed by atoms with van der Waals surface area (Å²) in [6, 6.07) is 92.0. The van der Waals surface area contributed by atoms with Crippen molar-refractivity contribution in [3.8, 4) is 78.9 Å². The van der Waals surface area contributed by atoms with Gasteiger partial charge in [-0.3, -0.25) is 0 Å². The lowest BCUT2D eigenvalue weighted by atomic mass is 10.0. The maximum Gasteiger partial charge on any atom is 0.166 e. The number of para-hydroxylation sites is 4. The van der Waals surface area contributed by atoms with E-state index in [0.717, 1.165) is 122 Å². The molecule has 0 amide bonds. The first-order valence-corrected chi connectivity index (χ1v) is 25.3. The van der Waals surface area contributed by atoms with Gasteiger partial charge in [-0.25, -0.2) is 15.0 Å². The fourth-order valence-electron chi connectivity index (χ4n) is 11.3. The third-order valence-electron chi connectivity index (χ3n) is 14.8. The molecule has 0 atom stereocenters. The molecule has 0 unspecified atom stereocenters. The van der Waals surface area contributed by atoms with Crippen molar-refractivity contribution in [3.63, 3.8) is 0 Å². The number of benzene rings is 11. The predicted octanol–water partition coefficient (Wildman–Crippen LogP) is 18.0. The molecule has 75 heavy (non-hydrogen) atoms. The molecular weight excluding hydrogens is 915 g/mol. The van der Waals surface area contributed by atoms with E-state index in [0.29, 0.717) is 17.5 Å². The van der Waals surface area contributed by atoms with Gasteiger partial charge in [0.15, 0.2) is 28.6 Å². The first kappa shape index (κ1) is 42.5. The average molecular weight is 958 g/mol. The van der Waals surface area contributed by atoms with Crippen LogP contribution < -0.4 is 0 Å². The Morgan fingerprint density at radius 3 is 1.08 bits per heavy atom. The molecule has 0 spiro atoms. The number of furan rings is 1. The molecule has 0 aliphatic heterocycles. The van der Waals surface area contributed by atoms with Gasteiger partial charge in [0, 0.05) is 54.6 Å². The minimum absolute atomic E-state index is 0.566. The van der Waals surface area contributed by atoms with Crippen molar-refractivity contribution in [2.75, 3.05) is 0 Å². The van der Waals surface area contributed by atoms with E-state index < -0.39 is 0 Å². The van der Waals surface area contributed by atoms with Crippen molar-refractivity contribution in [2.45, 2.75) is 0 Å². The minimum Gasteiger partial charge on any atom is -0.452 e. The van der Waals surface area contributed by atoms with E-state index in [4.69, 9.17) is 19.4 Å². The number of hydrogen-bond acceptors (Lipinski definition) is 4. The molecule has 11 aromatic carbocycles. The standard InChI is InChI=1S/C69H43N5O/c1-4-18-44(19-5-1)46-32-36-49(37-33-46)67-70-68(50-38-34-47(35-39-50)45-20-6-2-7-21-45)72-69(71-67)58-27-13-17-31-62(58)74-61-30-16-12-26-53(61)55-41-43-57-56-42-40-54-52-25-11-15-29-60(52)73(63(54)65(56)75-66(57)64(55)74)59-28-14-10-24-51(59)48-22-8-3-9-23-48/h1-43H. The molecule has 6 nitrogen and oxygen atoms in total. The number of hydrogen-bond donors (Lipinski definition) is 0. The largest absolute Gasteiger partial charge is 0.452 e. The second-order valence-electron chi connectivity index (χ2n) is 19.1. The summed E-state index contributed by atoms with van der Waals surface area (Å²) in [6.07, 6.45) is 0. The minimum atomic E-state index is 0.566. The van der Waals surface area contributed by atoms with Crippen LogP contribution in [0.15, 0.2) is 265 Å². The van der Waals surface area contributed by atoms with Crippen molar-refractivity contribution in [3.05, 3.63) is 261 Å². The van der Waals surface area contributed by atoms with Crippen LogP contribution >= 0.6 is 0 Å². The summed E-state index contributed by atoms with van der Waals surface area (Å²) in [7, 11) is 0. The molecule has 0 aliphatic rings. The third-order valence-corrected chi connectivity index (χ3v) is 14.8. The molecule has 0 fully saturated rings. The lowest BCUT2D eigenvalue weighted by Crippen LogP contribution is -2.03. The van der Waals surface area contributed by atoms with Gasteiger partial charge in [0.1, 0.15) is 0 Å². The van der Waals surface area contributed by atoms with Crippen LogP contribution in [0.3, 0.4) is 0 Å². The van der Waals surface area contributed by atoms with Gasteiger partial charge in [-0.2, -0.15) is 0 Å². The Hall–Kier alpha value is -10.2. The molecule has 0 aliphatic carbocycles. The molecule has 6 heteroatoms. The topological polar surface area (TPSA) is 61.7 Å². The molecule has 350 valence electrons. The van der Waals surface area contributed by atoms with Crippen LogP contribution in [0.4, 0.5) is 0 Å². The highest BCUT2D eigenvalue weighted by Gasteiger charge is 2.25. The van der Waals surface area contributed by atoms with Gasteiger partial charge in [0.2, 0.25) is 0 Å². The Kier molecular flexibility index (Phi) is 9.78. The van der Waals surface area contributed by atoms with Crippen molar-refractivity contribution in [1.29, 1.82) is 0 Å². The van der Waals surface area contributed by atoms with Crippen LogP contribution in [0.25, 0.3) is 144 Å². The summed E-state index contributed by atoms with van der Waals surface area (Å²) in [6.45, 7) is 0. The highest BCUT2D eigenvalue weighted by Crippen LogP contribution is 2.46. The van der Waals surface area contributed by atoms with Gasteiger partial charge < -0.3 is 13.6 Å². The van der Waals surface area contributed by atoms with E-state index in [2.05, 4.69) is 258 Å². The Bertz CT molecular complexity index is 4570. The predicted molar refractivity (Wildman–Crippen MR) is 308 cm³/mol. The summed E-state index contributed by atoms with van der Waals surface area (Å²) in [5.41, 5.74) is 17.3. The normalized spacial score (nSPS) is 11.7. The zero-order valence-corrected chi connectivity index (χ0v) is 40.5. The fourth-order valence-corrected chi connectivity index (χ4v) is 11.3. The number of fused-ring (bicyclic) bond motifs is 11. The summed E-state index contributed by atoms with van der Waals surface area (Å²) >= 11 is 0. The van der Waals surface area contributed by atoms with Crippen molar-refractivity contribution < 1.29 is 4.42 Å². The highest BCUT2D eigenvalue weighted by atomic mass is 16.3. The van der Waals surface area contributed by atoms with E-state index in [1.807, 2.05) is 12.1 Å². The summed E-state index contributed by atoms with van der Waals surface area (Å²) in [5.74, 6) is 1.74. The van der Waals surface area contributed by atoms with Gasteiger partial charge >= 0.3 is 0 Å². The van der Waals surface area contributed by atoms with Crippen LogP contribution in [0.1, 0.15) is 0 Å². The van der Waals surface area contributed by atoms with E-state index in [1.54, 1.807) is 0 Å². The zero-order chi connectivity index (χ0) is 49.4. The van der Waals surface area contributed by atoms with Gasteiger partial charge in [0.25, 0.3) is 0 Å². The maximum absolute atomic E-state index is 7.51. The number of aromatic nitrogens is 5. The quantitative estimate of drug-likeness (QED) is 0.152. The second kappa shape index (κ2) is 17.3. The smallest absolute Gasteiger partial charge is 0.166 e. The summed E-state index contributed by atoms with van der Waals surface area (Å²) in [5, 5.41) is 6.60. The summed E-state index contributed by atoms with van der Waals surface area (Å²) < 4.78 is 12.3. The van der Waals surface area contributed by atoms with Gasteiger partial charge in [-0.15, -0.1) is 0 Å². The molecule has 15 aromatic rings. The van der Waals surface area contributed by atoms with Gasteiger partial charge in [-0.1, -0.05) is 218 Å². The van der Waals surface area contributed by atoms with E-state index in [1.165, 1.54) is 5.39 Å². The lowest BCUT2D eigenvalue weighted by molar-refractivity contribution is 0.673. The highest BCUT2D eigenvalue weighted by molar-refractivity contribution is 6.26. The molecule has 4 aromatic heterocycles. The Labute approximate surface area is 431 Å². The SMILES string of the molecule is c1ccc(-c2ccc(-c3nc(-c4ccc(-c5ccccc5)cc4)nc(-c4ccccc4-n4c5ccccc5c5ccc6c7ccc8c9ccccc9n(-c9ccccc9-c9ccccc9)c8c7oc6c54)n3)cc2)cc1. The zero-order valence-electron chi connectivity index (χ0n) is 40.5. The number of rotatable bonds is 8. The first-order chi connectivity index (χ1) is 37.2. The van der Waals surface area contributed by atoms with E-state index in [9.17, 15) is 0 Å². The van der Waals surface area contributed by atoms with E-state index >= 15 is 0 Å². The van der Waals surface area contributed by atoms with Gasteiger partial charge in [0.05, 0.1) is 33.4 Å². The molecule has 15 rings (SSSR count). The van der Waals surface area contributed by atoms with Crippen LogP contribution in [0.2, 0.25) is 0 Å². The summed E-state index contributed by atoms with van der Waals surface area (Å²) in [4.78, 5) is 15.9. The van der Waals surface area contributed by atoms with Gasteiger partial charge in [-0.05, 0) is 70.3 Å². The molecule has 0 saturated carbocycles. The lowest BCUT2D eigenvalue weighted by Gasteiger charge is -2.15. The Balaban J connectivity index is 0.966. The molecule has 0 saturated heterocycles. The molecule has 0 bridgehead atoms. The average Bonchev–Trinajstić information content (AvgIpc) is 4.19. The van der Waals surface area contributed by atoms with Crippen LogP contribution in [0.5, 0.6) is 0 Å². The first-order valence-electron chi connectivity index (χ1n) is 25.3. The second-order valence-corrected chi connectivity index (χ2v) is 19.1. The van der Waals surface area contributed by atoms with Crippen LogP contribution in [-0.4, -0.2) is 24.1 Å². The Morgan fingerprint density at radius 2 is 0.587 bits per heavy atom. The Morgan fingerprint density at radius 1 is 0.240 bits per heavy atom. The monoisotopic (exact) mass is 957 g/mol. The van der Waals surface area contributed by atoms with Crippen molar-refractivity contribution >= 4 is 65.6 Å². The van der Waals surface area contributed by atoms with E-state index in [-0.39, 0.29) is 0 Å². The fraction of sp³-hybridized carbons (Fsp3) is 0. The number of nitrogens with zero attached hydrogens (tertiary/aromatic N) is 5. The maximum atomic E-state index is 7.51. The molecular formula is C69H43N5O. The van der Waals surface area contributed by atoms with Crippen LogP contribution in [-0.2, 0) is 0 Å².